The van der Waals surface area contributed by atoms with Gasteiger partial charge >= 0.3 is 0 Å². The summed E-state index contributed by atoms with van der Waals surface area (Å²) in [5, 5.41) is 0. The molecule has 0 unspecified atom stereocenters. The fourth-order valence-corrected chi connectivity index (χ4v) is 5.67. The zero-order valence-electron chi connectivity index (χ0n) is 24.4. The second-order valence-electron chi connectivity index (χ2n) is 11.1. The molecular weight excluding hydrogens is 518 g/mol. The van der Waals surface area contributed by atoms with Crippen molar-refractivity contribution < 1.29 is 0 Å². The molecule has 1 saturated heterocycles. The molecule has 0 N–H and O–H groups in total. The van der Waals surface area contributed by atoms with E-state index in [1.165, 1.54) is 29.7 Å². The Morgan fingerprint density at radius 3 is 2.21 bits per heavy atom. The van der Waals surface area contributed by atoms with E-state index < -0.39 is 0 Å². The molecule has 1 aliphatic rings. The van der Waals surface area contributed by atoms with E-state index in [1.54, 1.807) is 6.20 Å². The van der Waals surface area contributed by atoms with Crippen LogP contribution in [0.3, 0.4) is 0 Å². The van der Waals surface area contributed by atoms with Crippen molar-refractivity contribution in [3.05, 3.63) is 131 Å². The molecule has 2 aromatic carbocycles. The Labute approximate surface area is 248 Å². The number of pyridine rings is 1. The number of aryl methyl sites for hydroxylation is 1. The van der Waals surface area contributed by atoms with E-state index in [1.807, 2.05) is 43.5 Å². The van der Waals surface area contributed by atoms with E-state index in [-0.39, 0.29) is 0 Å². The highest BCUT2D eigenvalue weighted by molar-refractivity contribution is 5.49. The molecular formula is C35H37N7. The summed E-state index contributed by atoms with van der Waals surface area (Å²) in [6, 6.07) is 30.1. The maximum Gasteiger partial charge on any atom is 0.178 e. The number of hydrogen-bond acceptors (Lipinski definition) is 7. The smallest absolute Gasteiger partial charge is 0.178 e. The Kier molecular flexibility index (Phi) is 8.56. The fraction of sp³-hybridized carbons (Fsp3) is 0.286. The van der Waals surface area contributed by atoms with Crippen molar-refractivity contribution in [1.29, 1.82) is 0 Å². The quantitative estimate of drug-likeness (QED) is 0.224. The van der Waals surface area contributed by atoms with Gasteiger partial charge in [-0.15, -0.1) is 0 Å². The Morgan fingerprint density at radius 2 is 1.45 bits per heavy atom. The summed E-state index contributed by atoms with van der Waals surface area (Å²) >= 11 is 0. The molecule has 0 bridgehead atoms. The van der Waals surface area contributed by atoms with Crippen molar-refractivity contribution in [3.8, 4) is 11.5 Å². The van der Waals surface area contributed by atoms with Crippen molar-refractivity contribution >= 4 is 5.69 Å². The molecule has 7 nitrogen and oxygen atoms in total. The van der Waals surface area contributed by atoms with Gasteiger partial charge in [0.1, 0.15) is 11.5 Å². The predicted molar refractivity (Wildman–Crippen MR) is 167 cm³/mol. The van der Waals surface area contributed by atoms with E-state index in [2.05, 4.69) is 86.4 Å². The monoisotopic (exact) mass is 555 g/mol. The summed E-state index contributed by atoms with van der Waals surface area (Å²) in [5.74, 6) is 1.45. The van der Waals surface area contributed by atoms with Gasteiger partial charge in [-0.1, -0.05) is 48.5 Å². The van der Waals surface area contributed by atoms with Gasteiger partial charge in [-0.05, 0) is 74.3 Å². The molecule has 0 aliphatic carbocycles. The summed E-state index contributed by atoms with van der Waals surface area (Å²) in [7, 11) is 2.26. The number of aromatic nitrogens is 5. The van der Waals surface area contributed by atoms with Gasteiger partial charge in [-0.3, -0.25) is 4.90 Å². The van der Waals surface area contributed by atoms with Gasteiger partial charge in [-0.2, -0.15) is 0 Å². The number of nitrogens with zero attached hydrogens (tertiary/aromatic N) is 7. The minimum absolute atomic E-state index is 0.617. The van der Waals surface area contributed by atoms with Crippen molar-refractivity contribution in [3.63, 3.8) is 0 Å². The normalized spacial score (nSPS) is 13.9. The number of benzene rings is 2. The average Bonchev–Trinajstić information content (AvgIpc) is 3.02. The average molecular weight is 556 g/mol. The van der Waals surface area contributed by atoms with Crippen LogP contribution in [0.25, 0.3) is 11.5 Å². The zero-order valence-corrected chi connectivity index (χ0v) is 24.4. The van der Waals surface area contributed by atoms with E-state index >= 15 is 0 Å². The van der Waals surface area contributed by atoms with Crippen LogP contribution in [0, 0.1) is 6.92 Å². The van der Waals surface area contributed by atoms with Gasteiger partial charge in [-0.25, -0.2) is 24.9 Å². The Bertz CT molecular complexity index is 1600. The van der Waals surface area contributed by atoms with Crippen LogP contribution in [-0.2, 0) is 19.4 Å². The second kappa shape index (κ2) is 13.0. The van der Waals surface area contributed by atoms with Crippen LogP contribution in [0.1, 0.15) is 46.9 Å². The predicted octanol–water partition coefficient (Wildman–Crippen LogP) is 5.92. The van der Waals surface area contributed by atoms with Crippen LogP contribution in [0.5, 0.6) is 0 Å². The molecule has 1 aliphatic heterocycles. The lowest BCUT2D eigenvalue weighted by molar-refractivity contribution is 0.200. The van der Waals surface area contributed by atoms with Gasteiger partial charge in [0.15, 0.2) is 5.82 Å². The molecule has 4 heterocycles. The lowest BCUT2D eigenvalue weighted by Gasteiger charge is -2.38. The third-order valence-corrected chi connectivity index (χ3v) is 7.98. The molecule has 0 spiro atoms. The van der Waals surface area contributed by atoms with Crippen LogP contribution >= 0.6 is 0 Å². The number of hydrogen-bond donors (Lipinski definition) is 0. The van der Waals surface area contributed by atoms with Crippen molar-refractivity contribution in [1.82, 2.24) is 29.8 Å². The topological polar surface area (TPSA) is 70.9 Å². The second-order valence-corrected chi connectivity index (χ2v) is 11.1. The molecule has 0 amide bonds. The minimum Gasteiger partial charge on any atom is -0.371 e. The zero-order chi connectivity index (χ0) is 28.7. The highest BCUT2D eigenvalue weighted by Crippen LogP contribution is 2.24. The van der Waals surface area contributed by atoms with Crippen LogP contribution in [0.15, 0.2) is 97.3 Å². The third kappa shape index (κ3) is 7.04. The Hall–Kier alpha value is -4.49. The molecule has 7 heteroatoms. The van der Waals surface area contributed by atoms with E-state index in [9.17, 15) is 0 Å². The maximum atomic E-state index is 4.84. The van der Waals surface area contributed by atoms with Gasteiger partial charge in [0.25, 0.3) is 0 Å². The number of piperidine rings is 1. The van der Waals surface area contributed by atoms with Crippen molar-refractivity contribution in [2.75, 3.05) is 25.0 Å². The summed E-state index contributed by atoms with van der Waals surface area (Å²) in [5.41, 5.74) is 7.46. The largest absolute Gasteiger partial charge is 0.371 e. The summed E-state index contributed by atoms with van der Waals surface area (Å²) in [6.07, 6.45) is 7.31. The third-order valence-electron chi connectivity index (χ3n) is 7.98. The first-order valence-corrected chi connectivity index (χ1v) is 14.7. The van der Waals surface area contributed by atoms with E-state index in [0.29, 0.717) is 24.7 Å². The Balaban J connectivity index is 1.04. The van der Waals surface area contributed by atoms with Gasteiger partial charge in [0.2, 0.25) is 0 Å². The van der Waals surface area contributed by atoms with Crippen LogP contribution in [0.2, 0.25) is 0 Å². The fourth-order valence-electron chi connectivity index (χ4n) is 5.67. The maximum absolute atomic E-state index is 4.84. The molecule has 1 fully saturated rings. The first-order valence-electron chi connectivity index (χ1n) is 14.7. The van der Waals surface area contributed by atoms with Crippen LogP contribution < -0.4 is 4.90 Å². The van der Waals surface area contributed by atoms with Crippen molar-refractivity contribution in [2.24, 2.45) is 0 Å². The molecule has 6 rings (SSSR count). The molecule has 42 heavy (non-hydrogen) atoms. The van der Waals surface area contributed by atoms with Crippen LogP contribution in [-0.4, -0.2) is 56.0 Å². The first kappa shape index (κ1) is 27.7. The number of anilines is 1. The van der Waals surface area contributed by atoms with E-state index in [0.717, 1.165) is 48.2 Å². The van der Waals surface area contributed by atoms with Gasteiger partial charge in [0, 0.05) is 62.3 Å². The molecule has 5 aromatic rings. The Morgan fingerprint density at radius 1 is 0.714 bits per heavy atom. The highest BCUT2D eigenvalue weighted by Gasteiger charge is 2.22. The SMILES string of the molecule is Cc1cccc(-c2nccc(Cc3ccnc(Cc4ccc(N5CCC(N(C)Cc6ccccc6)CC5)cc4)n3)n2)n1. The molecule has 212 valence electrons. The molecule has 0 atom stereocenters. The van der Waals surface area contributed by atoms with Gasteiger partial charge < -0.3 is 4.90 Å². The lowest BCUT2D eigenvalue weighted by atomic mass is 10.0. The van der Waals surface area contributed by atoms with Crippen molar-refractivity contribution in [2.45, 2.75) is 45.2 Å². The molecule has 0 saturated carbocycles. The van der Waals surface area contributed by atoms with E-state index in [4.69, 9.17) is 9.97 Å². The van der Waals surface area contributed by atoms with Gasteiger partial charge in [0.05, 0.1) is 11.4 Å². The molecule has 0 radical (unpaired) electrons. The highest BCUT2D eigenvalue weighted by atomic mass is 15.2. The molecule has 3 aromatic heterocycles. The summed E-state index contributed by atoms with van der Waals surface area (Å²) in [6.45, 7) is 5.14. The minimum atomic E-state index is 0.617. The number of rotatable bonds is 9. The standard InChI is InChI=1S/C35H37N7/c1-26-7-6-10-33(38-26)35-37-20-16-30(40-35)24-29-15-19-36-34(39-29)23-27-11-13-32(14-12-27)42-21-17-31(18-22-42)41(2)25-28-8-4-3-5-9-28/h3-16,19-20,31H,17-18,21-25H2,1-2H3. The van der Waals surface area contributed by atoms with Crippen LogP contribution in [0.4, 0.5) is 5.69 Å². The summed E-state index contributed by atoms with van der Waals surface area (Å²) < 4.78 is 0. The summed E-state index contributed by atoms with van der Waals surface area (Å²) in [4.78, 5) is 28.1. The first-order chi connectivity index (χ1) is 20.6. The lowest BCUT2D eigenvalue weighted by Crippen LogP contribution is -2.43.